The maximum atomic E-state index is 12.3. The van der Waals surface area contributed by atoms with E-state index in [9.17, 15) is 18.5 Å². The van der Waals surface area contributed by atoms with Crippen LogP contribution in [0, 0.1) is 30.9 Å². The Morgan fingerprint density at radius 2 is 1.87 bits per heavy atom. The van der Waals surface area contributed by atoms with Gasteiger partial charge in [0, 0.05) is 30.9 Å². The molecule has 3 aromatic rings. The van der Waals surface area contributed by atoms with Crippen LogP contribution in [0.4, 0.5) is 11.5 Å². The molecule has 0 atom stereocenters. The van der Waals surface area contributed by atoms with Gasteiger partial charge in [-0.3, -0.25) is 10.1 Å². The van der Waals surface area contributed by atoms with E-state index in [1.165, 1.54) is 18.2 Å². The van der Waals surface area contributed by atoms with Crippen LogP contribution in [-0.2, 0) is 10.0 Å². The number of anilines is 1. The summed E-state index contributed by atoms with van der Waals surface area (Å²) in [6.07, 6.45) is 0. The summed E-state index contributed by atoms with van der Waals surface area (Å²) in [5.41, 5.74) is 2.71. The van der Waals surface area contributed by atoms with E-state index < -0.39 is 14.9 Å². The van der Waals surface area contributed by atoms with Crippen LogP contribution in [0.5, 0.6) is 0 Å². The van der Waals surface area contributed by atoms with Crippen molar-refractivity contribution in [3.05, 3.63) is 63.5 Å². The summed E-state index contributed by atoms with van der Waals surface area (Å²) in [5, 5.41) is 26.4. The van der Waals surface area contributed by atoms with Crippen molar-refractivity contribution in [3.63, 3.8) is 0 Å². The minimum Gasteiger partial charge on any atom is -0.367 e. The number of sulfonamides is 1. The molecule has 0 amide bonds. The lowest BCUT2D eigenvalue weighted by Crippen LogP contribution is -2.29. The average Bonchev–Trinajstić information content (AvgIpc) is 2.99. The number of aromatic nitrogens is 4. The lowest BCUT2D eigenvalue weighted by molar-refractivity contribution is -0.385. The zero-order valence-electron chi connectivity index (χ0n) is 16.7. The Hall–Kier alpha value is -3.38. The molecule has 12 heteroatoms. The molecule has 2 aromatic heterocycles. The van der Waals surface area contributed by atoms with Crippen LogP contribution in [0.2, 0.25) is 0 Å². The fourth-order valence-corrected chi connectivity index (χ4v) is 3.77. The maximum Gasteiger partial charge on any atom is 0.270 e. The summed E-state index contributed by atoms with van der Waals surface area (Å²) in [6, 6.07) is 8.36. The number of nitro groups is 1. The molecule has 0 radical (unpaired) electrons. The van der Waals surface area contributed by atoms with Gasteiger partial charge in [0.05, 0.1) is 15.5 Å². The van der Waals surface area contributed by atoms with Gasteiger partial charge in [-0.05, 0) is 44.5 Å². The molecule has 0 aliphatic carbocycles. The van der Waals surface area contributed by atoms with Gasteiger partial charge in [-0.25, -0.2) is 17.8 Å². The lowest BCUT2D eigenvalue weighted by atomic mass is 10.2. The first-order valence-corrected chi connectivity index (χ1v) is 10.5. The van der Waals surface area contributed by atoms with Gasteiger partial charge in [0.2, 0.25) is 10.0 Å². The van der Waals surface area contributed by atoms with E-state index in [-0.39, 0.29) is 23.7 Å². The molecule has 2 heterocycles. The summed E-state index contributed by atoms with van der Waals surface area (Å²) in [6.45, 7) is 6.19. The number of hydrogen-bond donors (Lipinski definition) is 2. The zero-order chi connectivity index (χ0) is 21.9. The molecule has 2 N–H and O–H groups in total. The van der Waals surface area contributed by atoms with Crippen LogP contribution in [0.1, 0.15) is 17.0 Å². The fourth-order valence-electron chi connectivity index (χ4n) is 2.70. The van der Waals surface area contributed by atoms with Crippen molar-refractivity contribution in [1.29, 1.82) is 0 Å². The van der Waals surface area contributed by atoms with E-state index in [0.717, 1.165) is 23.0 Å². The van der Waals surface area contributed by atoms with Gasteiger partial charge in [-0.15, -0.1) is 10.2 Å². The highest BCUT2D eigenvalue weighted by molar-refractivity contribution is 7.89. The molecule has 0 saturated carbocycles. The number of nitro benzene ring substituents is 1. The molecule has 0 fully saturated rings. The van der Waals surface area contributed by atoms with E-state index in [1.54, 1.807) is 16.8 Å². The number of nitrogens with zero attached hydrogens (tertiary/aromatic N) is 5. The van der Waals surface area contributed by atoms with Crippen LogP contribution in [-0.4, -0.2) is 46.4 Å². The Kier molecular flexibility index (Phi) is 6.08. The quantitative estimate of drug-likeness (QED) is 0.312. The van der Waals surface area contributed by atoms with E-state index in [0.29, 0.717) is 11.6 Å². The molecule has 0 aliphatic rings. The number of nitrogens with one attached hydrogen (secondary N) is 2. The second kappa shape index (κ2) is 8.55. The number of hydrogen-bond acceptors (Lipinski definition) is 8. The highest BCUT2D eigenvalue weighted by Crippen LogP contribution is 2.17. The van der Waals surface area contributed by atoms with Crippen LogP contribution in [0.15, 0.2) is 41.3 Å². The third-order valence-electron chi connectivity index (χ3n) is 4.58. The van der Waals surface area contributed by atoms with Crippen molar-refractivity contribution < 1.29 is 13.3 Å². The number of rotatable bonds is 8. The van der Waals surface area contributed by atoms with Crippen LogP contribution in [0.3, 0.4) is 0 Å². The summed E-state index contributed by atoms with van der Waals surface area (Å²) in [5.74, 6) is 1.06. The predicted octanol–water partition coefficient (Wildman–Crippen LogP) is 1.89. The molecule has 30 heavy (non-hydrogen) atoms. The van der Waals surface area contributed by atoms with Crippen molar-refractivity contribution in [2.75, 3.05) is 18.4 Å². The Labute approximate surface area is 173 Å². The summed E-state index contributed by atoms with van der Waals surface area (Å²) >= 11 is 0. The van der Waals surface area contributed by atoms with E-state index in [4.69, 9.17) is 0 Å². The van der Waals surface area contributed by atoms with Crippen molar-refractivity contribution in [1.82, 2.24) is 24.7 Å². The molecule has 3 rings (SSSR count). The minimum atomic E-state index is -3.86. The van der Waals surface area contributed by atoms with Gasteiger partial charge in [0.25, 0.3) is 5.69 Å². The van der Waals surface area contributed by atoms with E-state index in [2.05, 4.69) is 25.3 Å². The molecular formula is C18H21N7O4S. The van der Waals surface area contributed by atoms with Crippen LogP contribution >= 0.6 is 0 Å². The fraction of sp³-hybridized carbons (Fsp3) is 0.278. The third kappa shape index (κ3) is 4.60. The second-order valence-electron chi connectivity index (χ2n) is 6.56. The van der Waals surface area contributed by atoms with E-state index in [1.807, 2.05) is 20.8 Å². The van der Waals surface area contributed by atoms with Crippen molar-refractivity contribution in [2.24, 2.45) is 0 Å². The molecule has 0 saturated heterocycles. The largest absolute Gasteiger partial charge is 0.367 e. The lowest BCUT2D eigenvalue weighted by Gasteiger charge is -2.09. The number of non-ortho nitro benzene ring substituents is 1. The standard InChI is InChI=1S/C18H21N7O4S/c1-12-13(2)23-24(14(12)3)18-8-7-17(21-22-18)19-9-10-20-30(28,29)16-6-4-5-15(11-16)25(26)27/h4-8,11,20H,9-10H2,1-3H3,(H,19,21). The normalized spacial score (nSPS) is 11.4. The highest BCUT2D eigenvalue weighted by Gasteiger charge is 2.17. The van der Waals surface area contributed by atoms with Gasteiger partial charge in [0.1, 0.15) is 5.82 Å². The number of benzene rings is 1. The Morgan fingerprint density at radius 1 is 1.10 bits per heavy atom. The molecule has 0 spiro atoms. The van der Waals surface area contributed by atoms with Crippen molar-refractivity contribution in [3.8, 4) is 5.82 Å². The van der Waals surface area contributed by atoms with E-state index >= 15 is 0 Å². The monoisotopic (exact) mass is 431 g/mol. The average molecular weight is 431 g/mol. The van der Waals surface area contributed by atoms with Crippen molar-refractivity contribution >= 4 is 21.5 Å². The molecular weight excluding hydrogens is 410 g/mol. The molecule has 11 nitrogen and oxygen atoms in total. The Bertz CT molecular complexity index is 1170. The first kappa shape index (κ1) is 21.3. The summed E-state index contributed by atoms with van der Waals surface area (Å²) in [4.78, 5) is 10.0. The van der Waals surface area contributed by atoms with Gasteiger partial charge >= 0.3 is 0 Å². The topological polar surface area (TPSA) is 145 Å². The van der Waals surface area contributed by atoms with Gasteiger partial charge in [0.15, 0.2) is 5.82 Å². The SMILES string of the molecule is Cc1nn(-c2ccc(NCCNS(=O)(=O)c3cccc([N+](=O)[O-])c3)nn2)c(C)c1C. The molecule has 0 aliphatic heterocycles. The maximum absolute atomic E-state index is 12.3. The van der Waals surface area contributed by atoms with Gasteiger partial charge < -0.3 is 5.32 Å². The summed E-state index contributed by atoms with van der Waals surface area (Å²) in [7, 11) is -3.86. The van der Waals surface area contributed by atoms with Gasteiger partial charge in [-0.2, -0.15) is 5.10 Å². The molecule has 0 bridgehead atoms. The Morgan fingerprint density at radius 3 is 2.47 bits per heavy atom. The first-order valence-electron chi connectivity index (χ1n) is 9.04. The molecule has 0 unspecified atom stereocenters. The first-order chi connectivity index (χ1) is 14.2. The predicted molar refractivity (Wildman–Crippen MR) is 110 cm³/mol. The second-order valence-corrected chi connectivity index (χ2v) is 8.33. The van der Waals surface area contributed by atoms with Gasteiger partial charge in [-0.1, -0.05) is 6.07 Å². The zero-order valence-corrected chi connectivity index (χ0v) is 17.5. The van der Waals surface area contributed by atoms with Crippen LogP contribution < -0.4 is 10.0 Å². The minimum absolute atomic E-state index is 0.0606. The third-order valence-corrected chi connectivity index (χ3v) is 6.04. The number of aryl methyl sites for hydroxylation is 1. The smallest absolute Gasteiger partial charge is 0.270 e. The summed E-state index contributed by atoms with van der Waals surface area (Å²) < 4.78 is 28.7. The van der Waals surface area contributed by atoms with Crippen LogP contribution in [0.25, 0.3) is 5.82 Å². The molecule has 1 aromatic carbocycles. The molecule has 158 valence electrons. The van der Waals surface area contributed by atoms with Crippen molar-refractivity contribution in [2.45, 2.75) is 25.7 Å². The Balaban J connectivity index is 1.57. The highest BCUT2D eigenvalue weighted by atomic mass is 32.2.